The van der Waals surface area contributed by atoms with Crippen molar-refractivity contribution in [3.8, 4) is 0 Å². The molecule has 0 aromatic heterocycles. The molecule has 5 atom stereocenters. The lowest BCUT2D eigenvalue weighted by atomic mass is 10.0. The van der Waals surface area contributed by atoms with E-state index in [1.165, 1.54) is 19.3 Å². The molecule has 3 aliphatic rings. The molecule has 2 N–H and O–H groups in total. The fourth-order valence-corrected chi connectivity index (χ4v) is 4.43. The van der Waals surface area contributed by atoms with Crippen LogP contribution in [0.2, 0.25) is 0 Å². The van der Waals surface area contributed by atoms with E-state index < -0.39 is 5.97 Å². The zero-order valence-electron chi connectivity index (χ0n) is 10.8. The summed E-state index contributed by atoms with van der Waals surface area (Å²) in [6.45, 7) is 1.90. The number of rotatable bonds is 5. The molecule has 4 nitrogen and oxygen atoms in total. The largest absolute Gasteiger partial charge is 0.481 e. The molecule has 0 aromatic carbocycles. The Balaban J connectivity index is 1.47. The molecule has 3 saturated carbocycles. The van der Waals surface area contributed by atoms with Crippen molar-refractivity contribution >= 4 is 11.9 Å². The van der Waals surface area contributed by atoms with Gasteiger partial charge in [0.25, 0.3) is 0 Å². The molecule has 0 spiro atoms. The van der Waals surface area contributed by atoms with Crippen LogP contribution in [-0.4, -0.2) is 23.0 Å². The first kappa shape index (κ1) is 12.0. The average Bonchev–Trinajstić information content (AvgIpc) is 2.76. The van der Waals surface area contributed by atoms with E-state index in [1.807, 2.05) is 6.92 Å². The van der Waals surface area contributed by atoms with Crippen LogP contribution in [0.1, 0.15) is 39.0 Å². The van der Waals surface area contributed by atoms with E-state index in [0.717, 1.165) is 11.8 Å². The van der Waals surface area contributed by atoms with Crippen LogP contribution in [0.5, 0.6) is 0 Å². The maximum atomic E-state index is 12.1. The van der Waals surface area contributed by atoms with Gasteiger partial charge in [0.1, 0.15) is 0 Å². The summed E-state index contributed by atoms with van der Waals surface area (Å²) >= 11 is 0. The van der Waals surface area contributed by atoms with E-state index in [2.05, 4.69) is 5.32 Å². The zero-order chi connectivity index (χ0) is 12.9. The molecule has 100 valence electrons. The summed E-state index contributed by atoms with van der Waals surface area (Å²) in [6, 6.07) is -0.0208. The molecule has 0 radical (unpaired) electrons. The van der Waals surface area contributed by atoms with Crippen LogP contribution in [0.15, 0.2) is 0 Å². The van der Waals surface area contributed by atoms with Gasteiger partial charge in [0.15, 0.2) is 0 Å². The molecule has 0 aliphatic heterocycles. The van der Waals surface area contributed by atoms with E-state index in [-0.39, 0.29) is 24.3 Å². The van der Waals surface area contributed by atoms with Gasteiger partial charge in [-0.2, -0.15) is 0 Å². The molecular formula is C14H21NO3. The van der Waals surface area contributed by atoms with Crippen LogP contribution in [0.3, 0.4) is 0 Å². The normalized spacial score (nSPS) is 41.3. The Morgan fingerprint density at radius 2 is 1.89 bits per heavy atom. The van der Waals surface area contributed by atoms with Gasteiger partial charge in [-0.3, -0.25) is 9.59 Å². The number of aliphatic carboxylic acids is 1. The second kappa shape index (κ2) is 4.25. The third-order valence-electron chi connectivity index (χ3n) is 5.22. The highest BCUT2D eigenvalue weighted by Gasteiger charge is 2.67. The van der Waals surface area contributed by atoms with Crippen LogP contribution >= 0.6 is 0 Å². The second-order valence-electron chi connectivity index (χ2n) is 6.36. The van der Waals surface area contributed by atoms with E-state index in [1.54, 1.807) is 0 Å². The predicted octanol–water partition coefficient (Wildman–Crippen LogP) is 1.65. The van der Waals surface area contributed by atoms with E-state index >= 15 is 0 Å². The molecular weight excluding hydrogens is 230 g/mol. The molecule has 2 bridgehead atoms. The summed E-state index contributed by atoms with van der Waals surface area (Å²) in [6.07, 6.45) is 4.66. The molecule has 3 fully saturated rings. The SMILES string of the molecule is CC(CCC(=O)O)NC(=O)C1C2C3CCC(C3)C12. The monoisotopic (exact) mass is 251 g/mol. The average molecular weight is 251 g/mol. The van der Waals surface area contributed by atoms with Crippen molar-refractivity contribution in [3.63, 3.8) is 0 Å². The van der Waals surface area contributed by atoms with Gasteiger partial charge in [0, 0.05) is 18.4 Å². The summed E-state index contributed by atoms with van der Waals surface area (Å²) in [7, 11) is 0. The van der Waals surface area contributed by atoms with Crippen LogP contribution < -0.4 is 5.32 Å². The van der Waals surface area contributed by atoms with Gasteiger partial charge in [0.2, 0.25) is 5.91 Å². The van der Waals surface area contributed by atoms with E-state index in [9.17, 15) is 9.59 Å². The molecule has 0 heterocycles. The Labute approximate surface area is 107 Å². The van der Waals surface area contributed by atoms with Crippen molar-refractivity contribution in [1.82, 2.24) is 5.32 Å². The lowest BCUT2D eigenvalue weighted by Gasteiger charge is -2.14. The molecule has 3 aliphatic carbocycles. The Morgan fingerprint density at radius 1 is 1.28 bits per heavy atom. The Hall–Kier alpha value is -1.06. The number of carboxylic acid groups (broad SMARTS) is 1. The first-order chi connectivity index (χ1) is 8.58. The van der Waals surface area contributed by atoms with Crippen molar-refractivity contribution < 1.29 is 14.7 Å². The van der Waals surface area contributed by atoms with Crippen LogP contribution in [0, 0.1) is 29.6 Å². The first-order valence-corrected chi connectivity index (χ1v) is 7.10. The lowest BCUT2D eigenvalue weighted by Crippen LogP contribution is -2.35. The van der Waals surface area contributed by atoms with Gasteiger partial charge in [-0.05, 0) is 56.3 Å². The number of amides is 1. The summed E-state index contributed by atoms with van der Waals surface area (Å²) in [5.74, 6) is 2.58. The second-order valence-corrected chi connectivity index (χ2v) is 6.36. The molecule has 0 saturated heterocycles. The van der Waals surface area contributed by atoms with E-state index in [4.69, 9.17) is 5.11 Å². The molecule has 0 aromatic rings. The quantitative estimate of drug-likeness (QED) is 0.780. The minimum absolute atomic E-state index is 0.0208. The number of carboxylic acids is 1. The van der Waals surface area contributed by atoms with Gasteiger partial charge in [-0.25, -0.2) is 0 Å². The number of hydrogen-bond donors (Lipinski definition) is 2. The number of carbonyl (C=O) groups is 2. The number of fused-ring (bicyclic) bond motifs is 5. The number of hydrogen-bond acceptors (Lipinski definition) is 2. The summed E-state index contributed by atoms with van der Waals surface area (Å²) < 4.78 is 0. The number of carbonyl (C=O) groups excluding carboxylic acids is 1. The maximum Gasteiger partial charge on any atom is 0.303 e. The fourth-order valence-electron chi connectivity index (χ4n) is 4.43. The molecule has 1 amide bonds. The minimum atomic E-state index is -0.794. The summed E-state index contributed by atoms with van der Waals surface area (Å²) in [5.41, 5.74) is 0. The van der Waals surface area contributed by atoms with Crippen molar-refractivity contribution in [3.05, 3.63) is 0 Å². The smallest absolute Gasteiger partial charge is 0.303 e. The van der Waals surface area contributed by atoms with Crippen molar-refractivity contribution in [2.45, 2.75) is 45.1 Å². The highest BCUT2D eigenvalue weighted by atomic mass is 16.4. The van der Waals surface area contributed by atoms with Gasteiger partial charge < -0.3 is 10.4 Å². The van der Waals surface area contributed by atoms with Crippen LogP contribution in [0.4, 0.5) is 0 Å². The third-order valence-corrected chi connectivity index (χ3v) is 5.22. The fraction of sp³-hybridized carbons (Fsp3) is 0.857. The van der Waals surface area contributed by atoms with Gasteiger partial charge in [-0.1, -0.05) is 0 Å². The predicted molar refractivity (Wildman–Crippen MR) is 65.8 cm³/mol. The Morgan fingerprint density at radius 3 is 2.44 bits per heavy atom. The van der Waals surface area contributed by atoms with Crippen LogP contribution in [-0.2, 0) is 9.59 Å². The van der Waals surface area contributed by atoms with Gasteiger partial charge in [-0.15, -0.1) is 0 Å². The topological polar surface area (TPSA) is 66.4 Å². The highest BCUT2D eigenvalue weighted by molar-refractivity contribution is 5.83. The molecule has 4 heteroatoms. The Bertz CT molecular complexity index is 365. The van der Waals surface area contributed by atoms with Crippen molar-refractivity contribution in [2.75, 3.05) is 0 Å². The van der Waals surface area contributed by atoms with E-state index in [0.29, 0.717) is 18.3 Å². The summed E-state index contributed by atoms with van der Waals surface area (Å²) in [5, 5.41) is 11.6. The molecule has 3 rings (SSSR count). The van der Waals surface area contributed by atoms with Gasteiger partial charge >= 0.3 is 5.97 Å². The maximum absolute atomic E-state index is 12.1. The van der Waals surface area contributed by atoms with Crippen molar-refractivity contribution in [2.24, 2.45) is 29.6 Å². The third kappa shape index (κ3) is 1.91. The molecule has 18 heavy (non-hydrogen) atoms. The lowest BCUT2D eigenvalue weighted by molar-refractivity contribution is -0.137. The van der Waals surface area contributed by atoms with Gasteiger partial charge in [0.05, 0.1) is 0 Å². The number of nitrogens with one attached hydrogen (secondary N) is 1. The zero-order valence-corrected chi connectivity index (χ0v) is 10.8. The Kier molecular flexibility index (Phi) is 2.83. The minimum Gasteiger partial charge on any atom is -0.481 e. The molecule has 5 unspecified atom stereocenters. The highest BCUT2D eigenvalue weighted by Crippen LogP contribution is 2.69. The standard InChI is InChI=1S/C14H21NO3/c1-7(2-5-10(16)17)15-14(18)13-11-8-3-4-9(6-8)12(11)13/h7-9,11-13H,2-6H2,1H3,(H,15,18)(H,16,17). The summed E-state index contributed by atoms with van der Waals surface area (Å²) in [4.78, 5) is 22.6. The van der Waals surface area contributed by atoms with Crippen molar-refractivity contribution in [1.29, 1.82) is 0 Å². The first-order valence-electron chi connectivity index (χ1n) is 7.10. The van der Waals surface area contributed by atoms with Crippen LogP contribution in [0.25, 0.3) is 0 Å².